The van der Waals surface area contributed by atoms with E-state index in [0.717, 1.165) is 40.9 Å². The van der Waals surface area contributed by atoms with Gasteiger partial charge in [-0.2, -0.15) is 0 Å². The van der Waals surface area contributed by atoms with Gasteiger partial charge in [-0.15, -0.1) is 0 Å². The van der Waals surface area contributed by atoms with E-state index in [4.69, 9.17) is 4.74 Å². The monoisotopic (exact) mass is 354 g/mol. The third kappa shape index (κ3) is 3.98. The minimum absolute atomic E-state index is 0.00397. The van der Waals surface area contributed by atoms with Crippen molar-refractivity contribution < 1.29 is 9.53 Å². The van der Waals surface area contributed by atoms with Gasteiger partial charge in [0.2, 0.25) is 5.91 Å². The molecule has 1 aliphatic heterocycles. The van der Waals surface area contributed by atoms with Gasteiger partial charge in [-0.3, -0.25) is 4.79 Å². The fourth-order valence-corrected chi connectivity index (χ4v) is 2.93. The number of hydrogen-bond acceptors (Lipinski definition) is 3. The first kappa shape index (κ1) is 16.3. The van der Waals surface area contributed by atoms with Crippen LogP contribution >= 0.6 is 15.9 Å². The standard InChI is InChI=1S/C16H23BrN2O2/c1-4-18-15-11-8-12(17)14(9-13(11)19-16(15)20)21-7-5-6-10(2)3/h8-10,15,18H,4-7H2,1-3H3,(H,19,20). The summed E-state index contributed by atoms with van der Waals surface area (Å²) in [6.07, 6.45) is 2.19. The van der Waals surface area contributed by atoms with E-state index in [2.05, 4.69) is 40.4 Å². The molecule has 1 atom stereocenters. The number of nitrogens with one attached hydrogen (secondary N) is 2. The van der Waals surface area contributed by atoms with Crippen molar-refractivity contribution in [3.63, 3.8) is 0 Å². The quantitative estimate of drug-likeness (QED) is 0.730. The molecule has 1 aliphatic rings. The average molecular weight is 355 g/mol. The third-order valence-corrected chi connectivity index (χ3v) is 4.15. The minimum atomic E-state index is -0.267. The molecule has 0 spiro atoms. The van der Waals surface area contributed by atoms with Gasteiger partial charge in [0.05, 0.1) is 11.1 Å². The molecule has 0 saturated carbocycles. The molecule has 0 radical (unpaired) electrons. The second kappa shape index (κ2) is 7.27. The number of amides is 1. The van der Waals surface area contributed by atoms with Crippen molar-refractivity contribution in [1.82, 2.24) is 5.32 Å². The molecule has 0 aromatic heterocycles. The average Bonchev–Trinajstić information content (AvgIpc) is 2.71. The highest BCUT2D eigenvalue weighted by molar-refractivity contribution is 9.10. The summed E-state index contributed by atoms with van der Waals surface area (Å²) < 4.78 is 6.72. The van der Waals surface area contributed by atoms with E-state index < -0.39 is 0 Å². The summed E-state index contributed by atoms with van der Waals surface area (Å²) in [5.74, 6) is 1.47. The molecule has 21 heavy (non-hydrogen) atoms. The zero-order chi connectivity index (χ0) is 15.4. The van der Waals surface area contributed by atoms with E-state index >= 15 is 0 Å². The molecular formula is C16H23BrN2O2. The van der Waals surface area contributed by atoms with Gasteiger partial charge in [-0.1, -0.05) is 20.8 Å². The first-order valence-electron chi connectivity index (χ1n) is 7.53. The molecule has 0 saturated heterocycles. The summed E-state index contributed by atoms with van der Waals surface area (Å²) in [7, 11) is 0. The van der Waals surface area contributed by atoms with E-state index in [1.807, 2.05) is 19.1 Å². The fraction of sp³-hybridized carbons (Fsp3) is 0.562. The number of rotatable bonds is 7. The highest BCUT2D eigenvalue weighted by Crippen LogP contribution is 2.38. The predicted octanol–water partition coefficient (Wildman–Crippen LogP) is 3.87. The Kier molecular flexibility index (Phi) is 5.65. The number of benzene rings is 1. The van der Waals surface area contributed by atoms with E-state index in [9.17, 15) is 4.79 Å². The number of hydrogen-bond donors (Lipinski definition) is 2. The Balaban J connectivity index is 2.06. The first-order chi connectivity index (χ1) is 10.0. The lowest BCUT2D eigenvalue weighted by Crippen LogP contribution is -2.27. The number of fused-ring (bicyclic) bond motifs is 1. The number of halogens is 1. The van der Waals surface area contributed by atoms with Crippen molar-refractivity contribution in [1.29, 1.82) is 0 Å². The molecule has 0 bridgehead atoms. The fourth-order valence-electron chi connectivity index (χ4n) is 2.45. The van der Waals surface area contributed by atoms with Gasteiger partial charge in [-0.05, 0) is 47.3 Å². The Bertz CT molecular complexity index is 517. The summed E-state index contributed by atoms with van der Waals surface area (Å²) >= 11 is 3.54. The molecule has 1 heterocycles. The van der Waals surface area contributed by atoms with Crippen LogP contribution in [0, 0.1) is 5.92 Å². The Morgan fingerprint density at radius 2 is 2.19 bits per heavy atom. The Hall–Kier alpha value is -1.07. The van der Waals surface area contributed by atoms with Crippen molar-refractivity contribution in [3.8, 4) is 5.75 Å². The summed E-state index contributed by atoms with van der Waals surface area (Å²) in [6, 6.07) is 3.61. The summed E-state index contributed by atoms with van der Waals surface area (Å²) in [5, 5.41) is 6.09. The van der Waals surface area contributed by atoms with Crippen LogP contribution in [0.1, 0.15) is 45.2 Å². The van der Waals surface area contributed by atoms with E-state index in [1.54, 1.807) is 0 Å². The predicted molar refractivity (Wildman–Crippen MR) is 88.8 cm³/mol. The van der Waals surface area contributed by atoms with Gasteiger partial charge < -0.3 is 15.4 Å². The number of carbonyl (C=O) groups is 1. The SMILES string of the molecule is CCNC1C(=O)Nc2cc(OCCCC(C)C)c(Br)cc21. The third-order valence-electron chi connectivity index (χ3n) is 3.53. The van der Waals surface area contributed by atoms with Crippen LogP contribution in [0.25, 0.3) is 0 Å². The second-order valence-electron chi connectivity index (χ2n) is 5.73. The van der Waals surface area contributed by atoms with Crippen LogP contribution in [-0.4, -0.2) is 19.1 Å². The Labute approximate surface area is 134 Å². The number of likely N-dealkylation sites (N-methyl/N-ethyl adjacent to an activating group) is 1. The second-order valence-corrected chi connectivity index (χ2v) is 6.59. The molecular weight excluding hydrogens is 332 g/mol. The van der Waals surface area contributed by atoms with Crippen LogP contribution in [0.4, 0.5) is 5.69 Å². The van der Waals surface area contributed by atoms with Gasteiger partial charge in [0.15, 0.2) is 0 Å². The highest BCUT2D eigenvalue weighted by Gasteiger charge is 2.30. The van der Waals surface area contributed by atoms with Crippen LogP contribution in [0.2, 0.25) is 0 Å². The minimum Gasteiger partial charge on any atom is -0.492 e. The first-order valence-corrected chi connectivity index (χ1v) is 8.32. The molecule has 1 unspecified atom stereocenters. The molecule has 1 amide bonds. The highest BCUT2D eigenvalue weighted by atomic mass is 79.9. The maximum atomic E-state index is 11.9. The molecule has 116 valence electrons. The van der Waals surface area contributed by atoms with Crippen LogP contribution in [0.3, 0.4) is 0 Å². The van der Waals surface area contributed by atoms with Crippen molar-refractivity contribution >= 4 is 27.5 Å². The molecule has 2 N–H and O–H groups in total. The Morgan fingerprint density at radius 1 is 1.43 bits per heavy atom. The van der Waals surface area contributed by atoms with Crippen molar-refractivity contribution in [2.75, 3.05) is 18.5 Å². The Morgan fingerprint density at radius 3 is 2.86 bits per heavy atom. The van der Waals surface area contributed by atoms with E-state index in [-0.39, 0.29) is 11.9 Å². The van der Waals surface area contributed by atoms with E-state index in [0.29, 0.717) is 12.5 Å². The van der Waals surface area contributed by atoms with Gasteiger partial charge in [0.1, 0.15) is 11.8 Å². The molecule has 2 rings (SSSR count). The van der Waals surface area contributed by atoms with Crippen molar-refractivity contribution in [3.05, 3.63) is 22.2 Å². The van der Waals surface area contributed by atoms with Crippen molar-refractivity contribution in [2.45, 2.75) is 39.7 Å². The van der Waals surface area contributed by atoms with Crippen LogP contribution < -0.4 is 15.4 Å². The van der Waals surface area contributed by atoms with Crippen molar-refractivity contribution in [2.24, 2.45) is 5.92 Å². The molecule has 5 heteroatoms. The molecule has 4 nitrogen and oxygen atoms in total. The maximum Gasteiger partial charge on any atom is 0.246 e. The molecule has 1 aromatic carbocycles. The summed E-state index contributed by atoms with van der Waals surface area (Å²) in [5.41, 5.74) is 1.82. The number of carbonyl (C=O) groups excluding carboxylic acids is 1. The van der Waals surface area contributed by atoms with Gasteiger partial charge in [0.25, 0.3) is 0 Å². The van der Waals surface area contributed by atoms with E-state index in [1.165, 1.54) is 0 Å². The van der Waals surface area contributed by atoms with Gasteiger partial charge >= 0.3 is 0 Å². The smallest absolute Gasteiger partial charge is 0.246 e. The lowest BCUT2D eigenvalue weighted by molar-refractivity contribution is -0.117. The number of anilines is 1. The normalized spacial score (nSPS) is 17.0. The molecule has 0 aliphatic carbocycles. The molecule has 1 aromatic rings. The molecule has 0 fully saturated rings. The maximum absolute atomic E-state index is 11.9. The zero-order valence-electron chi connectivity index (χ0n) is 12.8. The number of ether oxygens (including phenoxy) is 1. The lowest BCUT2D eigenvalue weighted by Gasteiger charge is -2.13. The van der Waals surface area contributed by atoms with Gasteiger partial charge in [-0.25, -0.2) is 0 Å². The van der Waals surface area contributed by atoms with Crippen LogP contribution in [0.5, 0.6) is 5.75 Å². The van der Waals surface area contributed by atoms with Gasteiger partial charge in [0, 0.05) is 17.3 Å². The largest absolute Gasteiger partial charge is 0.492 e. The topological polar surface area (TPSA) is 50.4 Å². The summed E-state index contributed by atoms with van der Waals surface area (Å²) in [6.45, 7) is 7.86. The van der Waals surface area contributed by atoms with Crippen LogP contribution in [0.15, 0.2) is 16.6 Å². The summed E-state index contributed by atoms with van der Waals surface area (Å²) in [4.78, 5) is 11.9. The van der Waals surface area contributed by atoms with Crippen LogP contribution in [-0.2, 0) is 4.79 Å². The zero-order valence-corrected chi connectivity index (χ0v) is 14.4. The lowest BCUT2D eigenvalue weighted by atomic mass is 10.1.